The Morgan fingerprint density at radius 1 is 1.20 bits per heavy atom. The fourth-order valence-electron chi connectivity index (χ4n) is 2.93. The first-order chi connectivity index (χ1) is 9.29. The van der Waals surface area contributed by atoms with E-state index >= 15 is 0 Å². The first-order valence-electron chi connectivity index (χ1n) is 7.21. The van der Waals surface area contributed by atoms with Gasteiger partial charge in [-0.25, -0.2) is 0 Å². The van der Waals surface area contributed by atoms with Crippen LogP contribution in [0.3, 0.4) is 0 Å². The number of benzene rings is 1. The molecule has 112 valence electrons. The van der Waals surface area contributed by atoms with Gasteiger partial charge in [0.1, 0.15) is 0 Å². The molecule has 4 atom stereocenters. The molecule has 20 heavy (non-hydrogen) atoms. The summed E-state index contributed by atoms with van der Waals surface area (Å²) in [7, 11) is -1.05. The lowest BCUT2D eigenvalue weighted by Gasteiger charge is -2.40. The average molecular weight is 314 g/mol. The van der Waals surface area contributed by atoms with E-state index in [0.717, 1.165) is 24.2 Å². The summed E-state index contributed by atoms with van der Waals surface area (Å²) in [6.45, 7) is 6.78. The molecule has 1 aliphatic carbocycles. The highest BCUT2D eigenvalue weighted by atomic mass is 35.5. The van der Waals surface area contributed by atoms with Crippen molar-refractivity contribution in [3.63, 3.8) is 0 Å². The molecule has 1 aliphatic rings. The zero-order valence-electron chi connectivity index (χ0n) is 12.4. The minimum atomic E-state index is -1.05. The van der Waals surface area contributed by atoms with E-state index < -0.39 is 10.8 Å². The van der Waals surface area contributed by atoms with Gasteiger partial charge in [-0.2, -0.15) is 0 Å². The molecule has 4 unspecified atom stereocenters. The monoisotopic (exact) mass is 313 g/mol. The lowest BCUT2D eigenvalue weighted by Crippen LogP contribution is -2.45. The van der Waals surface area contributed by atoms with E-state index in [1.54, 1.807) is 12.1 Å². The standard InChI is InChI=1S/C16H24ClNOS/c1-16(2,3)11-4-9-14(18)15(10-11)20(19)13-7-5-12(17)6-8-13/h5-8,11,14-15H,4,9-10,18H2,1-3H3. The minimum absolute atomic E-state index is 0.0325. The maximum absolute atomic E-state index is 12.8. The van der Waals surface area contributed by atoms with Crippen LogP contribution in [0.5, 0.6) is 0 Å². The number of hydrogen-bond donors (Lipinski definition) is 1. The van der Waals surface area contributed by atoms with Crippen LogP contribution >= 0.6 is 11.6 Å². The second-order valence-electron chi connectivity index (χ2n) is 6.83. The Bertz CT molecular complexity index is 480. The van der Waals surface area contributed by atoms with Crippen LogP contribution in [0.1, 0.15) is 40.0 Å². The molecule has 0 bridgehead atoms. The highest BCUT2D eigenvalue weighted by Gasteiger charge is 2.37. The van der Waals surface area contributed by atoms with Gasteiger partial charge in [0, 0.05) is 16.0 Å². The molecular formula is C16H24ClNOS. The van der Waals surface area contributed by atoms with Gasteiger partial charge >= 0.3 is 0 Å². The number of hydrogen-bond acceptors (Lipinski definition) is 2. The summed E-state index contributed by atoms with van der Waals surface area (Å²) in [5.41, 5.74) is 6.49. The van der Waals surface area contributed by atoms with Crippen LogP contribution in [0.2, 0.25) is 5.02 Å². The molecular weight excluding hydrogens is 290 g/mol. The predicted octanol–water partition coefficient (Wildman–Crippen LogP) is 3.99. The summed E-state index contributed by atoms with van der Waals surface area (Å²) < 4.78 is 12.8. The SMILES string of the molecule is CC(C)(C)C1CCC(N)C(S(=O)c2ccc(Cl)cc2)C1. The van der Waals surface area contributed by atoms with E-state index in [-0.39, 0.29) is 16.7 Å². The van der Waals surface area contributed by atoms with Crippen molar-refractivity contribution in [3.8, 4) is 0 Å². The molecule has 1 saturated carbocycles. The van der Waals surface area contributed by atoms with Crippen LogP contribution < -0.4 is 5.73 Å². The molecule has 0 aliphatic heterocycles. The molecule has 2 N–H and O–H groups in total. The van der Waals surface area contributed by atoms with E-state index in [0.29, 0.717) is 10.9 Å². The average Bonchev–Trinajstić information content (AvgIpc) is 2.38. The number of rotatable bonds is 2. The van der Waals surface area contributed by atoms with Gasteiger partial charge in [0.2, 0.25) is 0 Å². The van der Waals surface area contributed by atoms with Crippen molar-refractivity contribution in [1.82, 2.24) is 0 Å². The third kappa shape index (κ3) is 3.63. The molecule has 1 aromatic carbocycles. The molecule has 2 nitrogen and oxygen atoms in total. The molecule has 0 radical (unpaired) electrons. The summed E-state index contributed by atoms with van der Waals surface area (Å²) >= 11 is 5.89. The van der Waals surface area contributed by atoms with Gasteiger partial charge in [-0.3, -0.25) is 4.21 Å². The third-order valence-corrected chi connectivity index (χ3v) is 6.47. The quantitative estimate of drug-likeness (QED) is 0.897. The van der Waals surface area contributed by atoms with Crippen molar-refractivity contribution in [2.24, 2.45) is 17.1 Å². The van der Waals surface area contributed by atoms with Crippen LogP contribution in [0.4, 0.5) is 0 Å². The molecule has 0 aromatic heterocycles. The third-order valence-electron chi connectivity index (χ3n) is 4.39. The van der Waals surface area contributed by atoms with Crippen molar-refractivity contribution in [2.75, 3.05) is 0 Å². The first-order valence-corrected chi connectivity index (χ1v) is 8.80. The van der Waals surface area contributed by atoms with Crippen LogP contribution in [0.25, 0.3) is 0 Å². The van der Waals surface area contributed by atoms with Crippen LogP contribution in [-0.4, -0.2) is 15.5 Å². The molecule has 4 heteroatoms. The van der Waals surface area contributed by atoms with Gasteiger partial charge < -0.3 is 5.73 Å². The first kappa shape index (κ1) is 16.0. The van der Waals surface area contributed by atoms with Gasteiger partial charge in [-0.05, 0) is 54.9 Å². The number of halogens is 1. The Balaban J connectivity index is 2.17. The zero-order chi connectivity index (χ0) is 14.9. The zero-order valence-corrected chi connectivity index (χ0v) is 14.0. The van der Waals surface area contributed by atoms with Crippen molar-refractivity contribution >= 4 is 22.4 Å². The van der Waals surface area contributed by atoms with Gasteiger partial charge in [0.05, 0.1) is 16.0 Å². The Kier molecular flexibility index (Phi) is 4.93. The smallest absolute Gasteiger partial charge is 0.0576 e. The van der Waals surface area contributed by atoms with Gasteiger partial charge in [0.25, 0.3) is 0 Å². The fraction of sp³-hybridized carbons (Fsp3) is 0.625. The molecule has 1 fully saturated rings. The highest BCUT2D eigenvalue weighted by Crippen LogP contribution is 2.39. The molecule has 0 amide bonds. The minimum Gasteiger partial charge on any atom is -0.327 e. The molecule has 0 spiro atoms. The van der Waals surface area contributed by atoms with Crippen molar-refractivity contribution in [1.29, 1.82) is 0 Å². The van der Waals surface area contributed by atoms with E-state index in [4.69, 9.17) is 17.3 Å². The predicted molar refractivity (Wildman–Crippen MR) is 86.4 cm³/mol. The second kappa shape index (κ2) is 6.17. The van der Waals surface area contributed by atoms with Gasteiger partial charge in [-0.15, -0.1) is 0 Å². The van der Waals surface area contributed by atoms with Crippen molar-refractivity contribution in [3.05, 3.63) is 29.3 Å². The lowest BCUT2D eigenvalue weighted by atomic mass is 9.71. The van der Waals surface area contributed by atoms with E-state index in [2.05, 4.69) is 20.8 Å². The summed E-state index contributed by atoms with van der Waals surface area (Å²) in [6.07, 6.45) is 3.05. The summed E-state index contributed by atoms with van der Waals surface area (Å²) in [5, 5.41) is 0.723. The summed E-state index contributed by atoms with van der Waals surface area (Å²) in [5.74, 6) is 0.587. The molecule has 2 rings (SSSR count). The van der Waals surface area contributed by atoms with Gasteiger partial charge in [-0.1, -0.05) is 32.4 Å². The largest absolute Gasteiger partial charge is 0.327 e. The van der Waals surface area contributed by atoms with Crippen LogP contribution in [-0.2, 0) is 10.8 Å². The van der Waals surface area contributed by atoms with Crippen molar-refractivity contribution < 1.29 is 4.21 Å². The van der Waals surface area contributed by atoms with Crippen LogP contribution in [0, 0.1) is 11.3 Å². The van der Waals surface area contributed by atoms with E-state index in [1.165, 1.54) is 0 Å². The Morgan fingerprint density at radius 2 is 1.80 bits per heavy atom. The van der Waals surface area contributed by atoms with Crippen LogP contribution in [0.15, 0.2) is 29.2 Å². The van der Waals surface area contributed by atoms with Gasteiger partial charge in [0.15, 0.2) is 0 Å². The molecule has 0 saturated heterocycles. The Hall–Kier alpha value is -0.380. The normalized spacial score (nSPS) is 29.1. The maximum atomic E-state index is 12.8. The van der Waals surface area contributed by atoms with Crippen molar-refractivity contribution in [2.45, 2.75) is 56.2 Å². The fourth-order valence-corrected chi connectivity index (χ4v) is 4.67. The van der Waals surface area contributed by atoms with E-state index in [9.17, 15) is 4.21 Å². The Morgan fingerprint density at radius 3 is 2.35 bits per heavy atom. The van der Waals surface area contributed by atoms with E-state index in [1.807, 2.05) is 12.1 Å². The topological polar surface area (TPSA) is 43.1 Å². The Labute approximate surface area is 129 Å². The lowest BCUT2D eigenvalue weighted by molar-refractivity contribution is 0.173. The highest BCUT2D eigenvalue weighted by molar-refractivity contribution is 7.85. The molecule has 0 heterocycles. The summed E-state index contributed by atoms with van der Waals surface area (Å²) in [4.78, 5) is 0.837. The summed E-state index contributed by atoms with van der Waals surface area (Å²) in [6, 6.07) is 7.33. The number of nitrogens with two attached hydrogens (primary N) is 1. The molecule has 1 aromatic rings. The second-order valence-corrected chi connectivity index (χ2v) is 8.94. The maximum Gasteiger partial charge on any atom is 0.0576 e.